The van der Waals surface area contributed by atoms with Gasteiger partial charge in [0.15, 0.2) is 0 Å². The third-order valence-electron chi connectivity index (χ3n) is 12.2. The molecule has 4 rings (SSSR count). The number of carbonyl (C=O) groups excluding carboxylic acids is 2. The molecule has 2 N–H and O–H groups in total. The number of unbranched alkanes of at least 4 members (excludes halogenated alkanes) is 1. The van der Waals surface area contributed by atoms with Gasteiger partial charge in [0, 0.05) is 18.0 Å². The first-order valence-electron chi connectivity index (χ1n) is 17.9. The van der Waals surface area contributed by atoms with Gasteiger partial charge in [-0.25, -0.2) is 9.59 Å². The molecule has 7 unspecified atom stereocenters. The summed E-state index contributed by atoms with van der Waals surface area (Å²) in [6, 6.07) is -0.00755. The van der Waals surface area contributed by atoms with Gasteiger partial charge >= 0.3 is 12.2 Å². The molecule has 7 heteroatoms. The summed E-state index contributed by atoms with van der Waals surface area (Å²) in [4.78, 5) is 25.7. The summed E-state index contributed by atoms with van der Waals surface area (Å²) in [6.45, 7) is 21.8. The Balaban J connectivity index is 1.28. The molecule has 0 heterocycles. The van der Waals surface area contributed by atoms with E-state index in [1.807, 2.05) is 0 Å². The summed E-state index contributed by atoms with van der Waals surface area (Å²) < 4.78 is 16.6. The van der Waals surface area contributed by atoms with Crippen molar-refractivity contribution in [3.05, 3.63) is 24.5 Å². The fourth-order valence-corrected chi connectivity index (χ4v) is 10.3. The van der Waals surface area contributed by atoms with Gasteiger partial charge in [0.1, 0.15) is 0 Å². The zero-order chi connectivity index (χ0) is 32.9. The molecule has 45 heavy (non-hydrogen) atoms. The average molecular weight is 629 g/mol. The SMILES string of the molecule is C=COCCCCOC(=O)NC1CC(C)(C)CC(C)(CNC(=O)OCC2(C)CCCC3(C)C4CCC(C(C)C)CC4=CCC23)C1. The van der Waals surface area contributed by atoms with Crippen LogP contribution in [0.2, 0.25) is 0 Å². The van der Waals surface area contributed by atoms with Crippen LogP contribution in [0.25, 0.3) is 0 Å². The molecule has 4 aliphatic carbocycles. The lowest BCUT2D eigenvalue weighted by Crippen LogP contribution is -2.53. The maximum absolute atomic E-state index is 13.2. The minimum atomic E-state index is -0.373. The molecule has 0 aliphatic heterocycles. The third kappa shape index (κ3) is 9.00. The van der Waals surface area contributed by atoms with Crippen molar-refractivity contribution in [2.75, 3.05) is 26.4 Å². The number of allylic oxidation sites excluding steroid dienone is 2. The van der Waals surface area contributed by atoms with Crippen LogP contribution >= 0.6 is 0 Å². The Labute approximate surface area is 274 Å². The van der Waals surface area contributed by atoms with E-state index in [1.165, 1.54) is 38.4 Å². The van der Waals surface area contributed by atoms with Crippen LogP contribution in [0, 0.1) is 45.3 Å². The van der Waals surface area contributed by atoms with Crippen molar-refractivity contribution >= 4 is 12.2 Å². The number of ether oxygens (including phenoxy) is 3. The predicted molar refractivity (Wildman–Crippen MR) is 181 cm³/mol. The third-order valence-corrected chi connectivity index (χ3v) is 12.2. The molecule has 7 atom stereocenters. The molecule has 7 nitrogen and oxygen atoms in total. The van der Waals surface area contributed by atoms with Gasteiger partial charge in [-0.15, -0.1) is 0 Å². The molecule has 0 saturated heterocycles. The summed E-state index contributed by atoms with van der Waals surface area (Å²) in [7, 11) is 0. The van der Waals surface area contributed by atoms with Crippen molar-refractivity contribution in [1.82, 2.24) is 10.6 Å². The molecule has 0 spiro atoms. The molecule has 4 aliphatic rings. The lowest BCUT2D eigenvalue weighted by atomic mass is 9.46. The Morgan fingerprint density at radius 1 is 1.02 bits per heavy atom. The monoisotopic (exact) mass is 628 g/mol. The summed E-state index contributed by atoms with van der Waals surface area (Å²) in [5.41, 5.74) is 1.88. The largest absolute Gasteiger partial charge is 0.502 e. The van der Waals surface area contributed by atoms with Gasteiger partial charge in [0.05, 0.1) is 26.1 Å². The zero-order valence-corrected chi connectivity index (χ0v) is 29.6. The van der Waals surface area contributed by atoms with Gasteiger partial charge in [0.2, 0.25) is 0 Å². The van der Waals surface area contributed by atoms with E-state index in [9.17, 15) is 9.59 Å². The van der Waals surface area contributed by atoms with Crippen LogP contribution in [-0.4, -0.2) is 44.6 Å². The molecular formula is C38H64N2O5. The van der Waals surface area contributed by atoms with Crippen LogP contribution in [0.4, 0.5) is 9.59 Å². The highest BCUT2D eigenvalue weighted by atomic mass is 16.6. The quantitative estimate of drug-likeness (QED) is 0.128. The standard InChI is InChI=1S/C38H64N2O5/c1-9-43-19-10-11-20-44-34(42)40-30-22-35(4,5)24-36(6,23-30)25-39-33(41)45-26-37(7)17-12-18-38(8)31-15-13-28(27(2)3)21-29(31)14-16-32(37)38/h9,14,27-28,30-32H,1,10-13,15-26H2,2-8H3,(H,39,41)(H,40,42). The molecule has 256 valence electrons. The molecular weight excluding hydrogens is 564 g/mol. The summed E-state index contributed by atoms with van der Waals surface area (Å²) in [5.74, 6) is 2.81. The molecule has 3 fully saturated rings. The van der Waals surface area contributed by atoms with E-state index in [-0.39, 0.29) is 34.5 Å². The van der Waals surface area contributed by atoms with E-state index in [0.717, 1.165) is 56.8 Å². The Kier molecular flexibility index (Phi) is 11.7. The smallest absolute Gasteiger partial charge is 0.407 e. The van der Waals surface area contributed by atoms with Crippen LogP contribution in [0.5, 0.6) is 0 Å². The summed E-state index contributed by atoms with van der Waals surface area (Å²) in [5, 5.41) is 6.22. The number of hydrogen-bond acceptors (Lipinski definition) is 5. The highest BCUT2D eigenvalue weighted by Gasteiger charge is 2.55. The van der Waals surface area contributed by atoms with Crippen LogP contribution in [0.1, 0.15) is 126 Å². The van der Waals surface area contributed by atoms with Gasteiger partial charge in [-0.05, 0) is 111 Å². The normalized spacial score (nSPS) is 35.7. The minimum Gasteiger partial charge on any atom is -0.502 e. The summed E-state index contributed by atoms with van der Waals surface area (Å²) in [6.07, 6.45) is 16.2. The lowest BCUT2D eigenvalue weighted by Gasteiger charge is -2.59. The van der Waals surface area contributed by atoms with Crippen molar-refractivity contribution in [3.63, 3.8) is 0 Å². The first-order valence-corrected chi connectivity index (χ1v) is 17.9. The maximum Gasteiger partial charge on any atom is 0.407 e. The number of amides is 2. The van der Waals surface area contributed by atoms with Crippen LogP contribution in [0.3, 0.4) is 0 Å². The van der Waals surface area contributed by atoms with Gasteiger partial charge in [-0.3, -0.25) is 0 Å². The summed E-state index contributed by atoms with van der Waals surface area (Å²) >= 11 is 0. The molecule has 0 aromatic heterocycles. The second kappa shape index (κ2) is 14.7. The molecule has 3 saturated carbocycles. The van der Waals surface area contributed by atoms with E-state index >= 15 is 0 Å². The van der Waals surface area contributed by atoms with Crippen molar-refractivity contribution in [2.45, 2.75) is 132 Å². The molecule has 0 aromatic carbocycles. The van der Waals surface area contributed by atoms with E-state index < -0.39 is 0 Å². The van der Waals surface area contributed by atoms with Gasteiger partial charge in [-0.1, -0.05) is 73.1 Å². The van der Waals surface area contributed by atoms with Crippen LogP contribution in [-0.2, 0) is 14.2 Å². The lowest BCUT2D eigenvalue weighted by molar-refractivity contribution is -0.0818. The Hall–Kier alpha value is -2.18. The van der Waals surface area contributed by atoms with E-state index in [4.69, 9.17) is 14.2 Å². The van der Waals surface area contributed by atoms with E-state index in [0.29, 0.717) is 43.6 Å². The Bertz CT molecular complexity index is 1070. The van der Waals surface area contributed by atoms with Gasteiger partial charge in [0.25, 0.3) is 0 Å². The fraction of sp³-hybridized carbons (Fsp3) is 0.842. The first-order chi connectivity index (χ1) is 21.2. The minimum absolute atomic E-state index is 0.00755. The van der Waals surface area contributed by atoms with E-state index in [1.54, 1.807) is 5.57 Å². The number of alkyl carbamates (subject to hydrolysis) is 2. The number of fused-ring (bicyclic) bond motifs is 3. The molecule has 0 aromatic rings. The fourth-order valence-electron chi connectivity index (χ4n) is 10.3. The number of hydrogen-bond donors (Lipinski definition) is 2. The zero-order valence-electron chi connectivity index (χ0n) is 29.6. The molecule has 2 amide bonds. The Morgan fingerprint density at radius 2 is 1.78 bits per heavy atom. The number of carbonyl (C=O) groups is 2. The van der Waals surface area contributed by atoms with Gasteiger partial charge in [-0.2, -0.15) is 0 Å². The van der Waals surface area contributed by atoms with E-state index in [2.05, 4.69) is 71.8 Å². The van der Waals surface area contributed by atoms with Crippen molar-refractivity contribution < 1.29 is 23.8 Å². The van der Waals surface area contributed by atoms with Crippen LogP contribution in [0.15, 0.2) is 24.5 Å². The Morgan fingerprint density at radius 3 is 2.51 bits per heavy atom. The predicted octanol–water partition coefficient (Wildman–Crippen LogP) is 9.18. The topological polar surface area (TPSA) is 85.9 Å². The van der Waals surface area contributed by atoms with Crippen molar-refractivity contribution in [3.8, 4) is 0 Å². The second-order valence-corrected chi connectivity index (χ2v) is 17.1. The number of nitrogens with one attached hydrogen (secondary N) is 2. The average Bonchev–Trinajstić information content (AvgIpc) is 2.95. The van der Waals surface area contributed by atoms with Crippen molar-refractivity contribution in [1.29, 1.82) is 0 Å². The maximum atomic E-state index is 13.2. The van der Waals surface area contributed by atoms with Gasteiger partial charge < -0.3 is 24.8 Å². The molecule has 0 radical (unpaired) electrons. The van der Waals surface area contributed by atoms with Crippen LogP contribution < -0.4 is 10.6 Å². The highest BCUT2D eigenvalue weighted by Crippen LogP contribution is 2.63. The second-order valence-electron chi connectivity index (χ2n) is 17.1. The first kappa shape index (κ1) is 35.7. The van der Waals surface area contributed by atoms with Crippen molar-refractivity contribution in [2.24, 2.45) is 45.3 Å². The number of rotatable bonds is 12. The highest BCUT2D eigenvalue weighted by molar-refractivity contribution is 5.68. The molecule has 0 bridgehead atoms.